The lowest BCUT2D eigenvalue weighted by molar-refractivity contribution is -0.134. The van der Waals surface area contributed by atoms with Crippen LogP contribution in [0.3, 0.4) is 0 Å². The summed E-state index contributed by atoms with van der Waals surface area (Å²) in [4.78, 5) is 54.5. The van der Waals surface area contributed by atoms with Gasteiger partial charge in [0.05, 0.1) is 29.1 Å². The molecule has 0 unspecified atom stereocenters. The van der Waals surface area contributed by atoms with Gasteiger partial charge < -0.3 is 19.9 Å². The molecule has 1 aliphatic heterocycles. The summed E-state index contributed by atoms with van der Waals surface area (Å²) in [5.41, 5.74) is 5.80. The average Bonchev–Trinajstić information content (AvgIpc) is 3.90. The Morgan fingerprint density at radius 1 is 0.796 bits per heavy atom. The first-order valence-corrected chi connectivity index (χ1v) is 20.8. The number of aryl methyl sites for hydroxylation is 2. The van der Waals surface area contributed by atoms with E-state index < -0.39 is 0 Å². The third-order valence-electron chi connectivity index (χ3n) is 11.1. The fraction of sp³-hybridized carbons (Fsp3) is 0.475. The topological polar surface area (TPSA) is 126 Å². The van der Waals surface area contributed by atoms with Crippen molar-refractivity contribution in [2.75, 3.05) is 33.5 Å². The molecule has 0 radical (unpaired) electrons. The third kappa shape index (κ3) is 7.29. The summed E-state index contributed by atoms with van der Waals surface area (Å²) in [5.74, 6) is 2.24. The largest absolute Gasteiger partial charge is 0.488 e. The van der Waals surface area contributed by atoms with E-state index in [9.17, 15) is 9.59 Å². The fourth-order valence-corrected chi connectivity index (χ4v) is 11.1. The van der Waals surface area contributed by atoms with Crippen molar-refractivity contribution in [3.05, 3.63) is 61.9 Å². The molecule has 1 saturated carbocycles. The SMILES string of the molecule is CN(C)C(=O)[C@H]1CCc2c(sc3ncnc(Cl)c23)C1.CN(C)C(=O)[C@H]1CCc2c(sc3ncnc(Nc4cc5c(cc4OC4CCCCC4)CN=C5)c23)C1. The number of halogens is 1. The molecule has 1 N–H and O–H groups in total. The maximum absolute atomic E-state index is 12.6. The zero-order valence-corrected chi connectivity index (χ0v) is 33.5. The number of benzene rings is 1. The maximum Gasteiger partial charge on any atom is 0.225 e. The average molecular weight is 785 g/mol. The van der Waals surface area contributed by atoms with Crippen molar-refractivity contribution in [1.29, 1.82) is 0 Å². The summed E-state index contributed by atoms with van der Waals surface area (Å²) in [7, 11) is 7.30. The summed E-state index contributed by atoms with van der Waals surface area (Å²) in [5, 5.41) is 6.21. The predicted molar refractivity (Wildman–Crippen MR) is 217 cm³/mol. The molecular formula is C40H45ClN8O3S2. The van der Waals surface area contributed by atoms with Crippen LogP contribution in [-0.2, 0) is 41.8 Å². The first kappa shape index (κ1) is 36.8. The highest BCUT2D eigenvalue weighted by atomic mass is 35.5. The van der Waals surface area contributed by atoms with Crippen molar-refractivity contribution in [2.24, 2.45) is 16.8 Å². The number of hydrogen-bond acceptors (Lipinski definition) is 11. The first-order valence-electron chi connectivity index (χ1n) is 18.8. The lowest BCUT2D eigenvalue weighted by Gasteiger charge is -2.25. The quantitative estimate of drug-likeness (QED) is 0.173. The number of thiophene rings is 2. The van der Waals surface area contributed by atoms with E-state index in [1.807, 2.05) is 34.4 Å². The molecule has 3 aliphatic carbocycles. The predicted octanol–water partition coefficient (Wildman–Crippen LogP) is 7.81. The Morgan fingerprint density at radius 3 is 2.06 bits per heavy atom. The molecule has 11 nitrogen and oxygen atoms in total. The highest BCUT2D eigenvalue weighted by Crippen LogP contribution is 2.43. The summed E-state index contributed by atoms with van der Waals surface area (Å²) >= 11 is 9.50. The number of anilines is 2. The van der Waals surface area contributed by atoms with Crippen molar-refractivity contribution in [2.45, 2.75) is 83.3 Å². The lowest BCUT2D eigenvalue weighted by atomic mass is 9.87. The van der Waals surface area contributed by atoms with Crippen LogP contribution in [0.2, 0.25) is 5.15 Å². The molecule has 4 aromatic heterocycles. The number of amides is 2. The smallest absolute Gasteiger partial charge is 0.225 e. The van der Waals surface area contributed by atoms with Gasteiger partial charge in [-0.25, -0.2) is 19.9 Å². The molecule has 0 saturated heterocycles. The standard InChI is InChI=1S/C27H31N5O2S.C13H14ClN3OS/c1-32(2)27(33)16-8-9-20-23(12-16)35-26-24(20)25(29-15-30-26)31-21-10-17-13-28-14-18(17)11-22(21)34-19-6-4-3-5-7-19;1-17(2)13(18)7-3-4-8-9(5-7)19-12-10(8)11(14)15-6-16-12/h10-11,13,15-16,19H,3-9,12,14H2,1-2H3,(H,29,30,31);6-7H,3-5H2,1-2H3/t16-;7-/m00/s1. The van der Waals surface area contributed by atoms with E-state index in [4.69, 9.17) is 16.3 Å². The minimum atomic E-state index is 0.0430. The van der Waals surface area contributed by atoms with Gasteiger partial charge >= 0.3 is 0 Å². The van der Waals surface area contributed by atoms with Crippen LogP contribution in [0.15, 0.2) is 29.8 Å². The van der Waals surface area contributed by atoms with Gasteiger partial charge in [0.1, 0.15) is 39.0 Å². The Morgan fingerprint density at radius 2 is 1.41 bits per heavy atom. The van der Waals surface area contributed by atoms with Gasteiger partial charge in [0.25, 0.3) is 0 Å². The van der Waals surface area contributed by atoms with Crippen LogP contribution in [0.1, 0.15) is 77.0 Å². The van der Waals surface area contributed by atoms with Gasteiger partial charge in [0.2, 0.25) is 11.8 Å². The number of ether oxygens (including phenoxy) is 1. The van der Waals surface area contributed by atoms with E-state index >= 15 is 0 Å². The van der Waals surface area contributed by atoms with Crippen LogP contribution < -0.4 is 10.1 Å². The number of aromatic nitrogens is 4. The van der Waals surface area contributed by atoms with Crippen molar-refractivity contribution < 1.29 is 14.3 Å². The van der Waals surface area contributed by atoms with Gasteiger partial charge in [-0.05, 0) is 98.6 Å². The van der Waals surface area contributed by atoms with Gasteiger partial charge in [-0.15, -0.1) is 22.7 Å². The molecule has 2 amide bonds. The van der Waals surface area contributed by atoms with E-state index in [2.05, 4.69) is 42.4 Å². The highest BCUT2D eigenvalue weighted by Gasteiger charge is 2.31. The Labute approximate surface area is 328 Å². The summed E-state index contributed by atoms with van der Waals surface area (Å²) < 4.78 is 6.55. The molecule has 2 atom stereocenters. The molecule has 4 aliphatic rings. The van der Waals surface area contributed by atoms with Crippen LogP contribution in [-0.4, -0.2) is 82.1 Å². The summed E-state index contributed by atoms with van der Waals surface area (Å²) in [6.07, 6.45) is 16.3. The number of carbonyl (C=O) groups excluding carboxylic acids is 2. The molecule has 5 aromatic rings. The second-order valence-corrected chi connectivity index (χ2v) is 17.6. The van der Waals surface area contributed by atoms with Gasteiger partial charge in [-0.1, -0.05) is 18.0 Å². The van der Waals surface area contributed by atoms with E-state index in [1.165, 1.54) is 52.0 Å². The normalized spacial score (nSPS) is 19.1. The molecule has 1 fully saturated rings. The van der Waals surface area contributed by atoms with Crippen LogP contribution in [0, 0.1) is 11.8 Å². The number of hydrogen-bond donors (Lipinski definition) is 1. The van der Waals surface area contributed by atoms with Gasteiger partial charge in [0.15, 0.2) is 0 Å². The fourth-order valence-electron chi connectivity index (χ4n) is 8.25. The Balaban J connectivity index is 0.000000183. The second-order valence-electron chi connectivity index (χ2n) is 15.1. The van der Waals surface area contributed by atoms with Crippen molar-refractivity contribution in [3.8, 4) is 5.75 Å². The third-order valence-corrected chi connectivity index (χ3v) is 13.7. The van der Waals surface area contributed by atoms with Crippen molar-refractivity contribution in [3.63, 3.8) is 0 Å². The summed E-state index contributed by atoms with van der Waals surface area (Å²) in [6.45, 7) is 0.708. The second kappa shape index (κ2) is 15.5. The number of carbonyl (C=O) groups is 2. The molecule has 5 heterocycles. The van der Waals surface area contributed by atoms with Crippen LogP contribution in [0.25, 0.3) is 20.4 Å². The minimum absolute atomic E-state index is 0.0430. The molecule has 9 rings (SSSR count). The van der Waals surface area contributed by atoms with Crippen molar-refractivity contribution in [1.82, 2.24) is 29.7 Å². The lowest BCUT2D eigenvalue weighted by Crippen LogP contribution is -2.32. The van der Waals surface area contributed by atoms with E-state index in [1.54, 1.807) is 38.8 Å². The zero-order chi connectivity index (χ0) is 37.5. The molecule has 1 aromatic carbocycles. The number of aliphatic imine (C=N–C) groups is 1. The van der Waals surface area contributed by atoms with Gasteiger partial charge in [-0.2, -0.15) is 0 Å². The maximum atomic E-state index is 12.6. The Kier molecular flexibility index (Phi) is 10.6. The van der Waals surface area contributed by atoms with Gasteiger partial charge in [0, 0.05) is 56.0 Å². The molecule has 0 bridgehead atoms. The summed E-state index contributed by atoms with van der Waals surface area (Å²) in [6, 6.07) is 4.29. The van der Waals surface area contributed by atoms with Crippen LogP contribution in [0.4, 0.5) is 11.5 Å². The molecule has 0 spiro atoms. The van der Waals surface area contributed by atoms with Crippen LogP contribution in [0.5, 0.6) is 5.75 Å². The number of nitrogens with zero attached hydrogens (tertiary/aromatic N) is 7. The van der Waals surface area contributed by atoms with Crippen LogP contribution >= 0.6 is 34.3 Å². The molecular weight excluding hydrogens is 740 g/mol. The molecule has 282 valence electrons. The van der Waals surface area contributed by atoms with Crippen molar-refractivity contribution >= 4 is 84.2 Å². The minimum Gasteiger partial charge on any atom is -0.488 e. The Hall–Kier alpha value is -4.20. The van der Waals surface area contributed by atoms with Gasteiger partial charge in [-0.3, -0.25) is 14.6 Å². The molecule has 14 heteroatoms. The van der Waals surface area contributed by atoms with E-state index in [-0.39, 0.29) is 29.8 Å². The van der Waals surface area contributed by atoms with E-state index in [0.717, 1.165) is 94.6 Å². The zero-order valence-electron chi connectivity index (χ0n) is 31.2. The van der Waals surface area contributed by atoms with E-state index in [0.29, 0.717) is 11.7 Å². The highest BCUT2D eigenvalue weighted by molar-refractivity contribution is 7.19. The molecule has 54 heavy (non-hydrogen) atoms. The first-order chi connectivity index (χ1) is 26.1. The number of rotatable bonds is 6. The number of fused-ring (bicyclic) bond motifs is 7. The monoisotopic (exact) mass is 784 g/mol. The Bertz CT molecular complexity index is 2260. The number of nitrogens with one attached hydrogen (secondary N) is 1.